The number of rotatable bonds is 8. The molecule has 4 rings (SSSR count). The normalized spacial score (nSPS) is 11.0. The number of ether oxygens (including phenoxy) is 2. The highest BCUT2D eigenvalue weighted by molar-refractivity contribution is 5.91. The van der Waals surface area contributed by atoms with Crippen LogP contribution >= 0.6 is 0 Å². The van der Waals surface area contributed by atoms with Gasteiger partial charge in [0.25, 0.3) is 0 Å². The molecular weight excluding hydrogens is 492 g/mol. The van der Waals surface area contributed by atoms with Crippen LogP contribution in [0, 0.1) is 0 Å². The highest BCUT2D eigenvalue weighted by Gasteiger charge is 2.10. The lowest BCUT2D eigenvalue weighted by Crippen LogP contribution is -2.28. The molecule has 0 saturated carbocycles. The number of nitrogens with one attached hydrogen (secondary N) is 2. The van der Waals surface area contributed by atoms with Crippen molar-refractivity contribution in [3.05, 3.63) is 95.4 Å². The number of benzene rings is 2. The second-order valence-electron chi connectivity index (χ2n) is 7.62. The second-order valence-corrected chi connectivity index (χ2v) is 7.62. The van der Waals surface area contributed by atoms with Crippen molar-refractivity contribution < 1.29 is 32.7 Å². The van der Waals surface area contributed by atoms with Crippen LogP contribution in [0.1, 0.15) is 32.2 Å². The highest BCUT2D eigenvalue weighted by atomic mass is 16.5. The number of nitrogens with zero attached hydrogens (tertiary/aromatic N) is 2. The van der Waals surface area contributed by atoms with E-state index >= 15 is 0 Å². The molecule has 2 heterocycles. The number of furan rings is 2. The predicted octanol–water partition coefficient (Wildman–Crippen LogP) is 4.45. The summed E-state index contributed by atoms with van der Waals surface area (Å²) in [5.74, 6) is 0.896. The molecule has 11 nitrogen and oxygen atoms in total. The molecule has 0 unspecified atom stereocenters. The SMILES string of the molecule is COC(=O)c1cccc(-c2ccc(C=NNC(=O)N/N=C\c3ccc(-c4cccc(C(=O)OC)c4)o3)o2)c1. The van der Waals surface area contributed by atoms with E-state index in [1.54, 1.807) is 72.8 Å². The molecular formula is C27H22N4O7. The topological polar surface area (TPSA) is 145 Å². The maximum Gasteiger partial charge on any atom is 0.355 e. The summed E-state index contributed by atoms with van der Waals surface area (Å²) in [6.07, 6.45) is 2.64. The first-order valence-electron chi connectivity index (χ1n) is 11.2. The zero-order valence-electron chi connectivity index (χ0n) is 20.3. The summed E-state index contributed by atoms with van der Waals surface area (Å²) >= 11 is 0. The van der Waals surface area contributed by atoms with Crippen molar-refractivity contribution in [2.75, 3.05) is 14.2 Å². The van der Waals surface area contributed by atoms with Crippen molar-refractivity contribution in [1.82, 2.24) is 10.9 Å². The second kappa shape index (κ2) is 12.0. The first kappa shape index (κ1) is 25.6. The van der Waals surface area contributed by atoms with E-state index < -0.39 is 18.0 Å². The molecule has 0 bridgehead atoms. The molecule has 0 aliphatic carbocycles. The van der Waals surface area contributed by atoms with Gasteiger partial charge >= 0.3 is 18.0 Å². The van der Waals surface area contributed by atoms with Crippen LogP contribution in [0.25, 0.3) is 22.6 Å². The Kier molecular flexibility index (Phi) is 8.09. The number of esters is 2. The van der Waals surface area contributed by atoms with Gasteiger partial charge in [-0.3, -0.25) is 0 Å². The summed E-state index contributed by atoms with van der Waals surface area (Å²) in [7, 11) is 2.63. The zero-order chi connectivity index (χ0) is 26.9. The van der Waals surface area contributed by atoms with Crippen molar-refractivity contribution in [2.24, 2.45) is 10.2 Å². The third kappa shape index (κ3) is 6.40. The molecule has 2 N–H and O–H groups in total. The van der Waals surface area contributed by atoms with Crippen molar-refractivity contribution in [1.29, 1.82) is 0 Å². The Labute approximate surface area is 216 Å². The lowest BCUT2D eigenvalue weighted by atomic mass is 10.1. The Morgan fingerprint density at radius 1 is 0.684 bits per heavy atom. The Morgan fingerprint density at radius 2 is 1.13 bits per heavy atom. The molecule has 0 atom stereocenters. The standard InChI is InChI=1S/C27H22N4O7/c1-35-25(32)19-7-3-5-17(13-19)23-11-9-21(37-23)15-28-30-27(34)31-29-16-22-10-12-24(38-22)18-6-4-8-20(14-18)26(33)36-2/h3-16H,1-2H3,(H2,30,31,34)/b28-15-,29-16?. The minimum Gasteiger partial charge on any atom is -0.465 e. The molecule has 2 aromatic carbocycles. The van der Waals surface area contributed by atoms with E-state index in [2.05, 4.69) is 21.1 Å². The molecule has 0 spiro atoms. The molecule has 2 amide bonds. The molecule has 192 valence electrons. The molecule has 0 aliphatic heterocycles. The Bertz CT molecular complexity index is 1410. The van der Waals surface area contributed by atoms with E-state index in [1.165, 1.54) is 26.6 Å². The first-order chi connectivity index (χ1) is 18.5. The zero-order valence-corrected chi connectivity index (χ0v) is 20.3. The summed E-state index contributed by atoms with van der Waals surface area (Å²) in [6, 6.07) is 19.7. The fourth-order valence-corrected chi connectivity index (χ4v) is 3.32. The van der Waals surface area contributed by atoms with E-state index in [4.69, 9.17) is 18.3 Å². The number of hydrogen-bond acceptors (Lipinski definition) is 9. The molecule has 38 heavy (non-hydrogen) atoms. The van der Waals surface area contributed by atoms with Gasteiger partial charge in [0.1, 0.15) is 23.0 Å². The predicted molar refractivity (Wildman–Crippen MR) is 138 cm³/mol. The summed E-state index contributed by atoms with van der Waals surface area (Å²) in [4.78, 5) is 35.4. The van der Waals surface area contributed by atoms with Gasteiger partial charge < -0.3 is 18.3 Å². The average Bonchev–Trinajstić information content (AvgIpc) is 3.62. The number of methoxy groups -OCH3 is 2. The molecule has 2 aromatic heterocycles. The van der Waals surface area contributed by atoms with Crippen LogP contribution in [-0.2, 0) is 9.47 Å². The highest BCUT2D eigenvalue weighted by Crippen LogP contribution is 2.24. The van der Waals surface area contributed by atoms with Crippen molar-refractivity contribution in [3.63, 3.8) is 0 Å². The van der Waals surface area contributed by atoms with Gasteiger partial charge in [-0.2, -0.15) is 10.2 Å². The minimum atomic E-state index is -0.687. The Balaban J connectivity index is 1.29. The lowest BCUT2D eigenvalue weighted by Gasteiger charge is -2.01. The molecule has 11 heteroatoms. The fraction of sp³-hybridized carbons (Fsp3) is 0.0741. The number of hydrazone groups is 2. The molecule has 4 aromatic rings. The third-order valence-corrected chi connectivity index (χ3v) is 5.11. The van der Waals surface area contributed by atoms with E-state index in [-0.39, 0.29) is 0 Å². The Morgan fingerprint density at radius 3 is 1.55 bits per heavy atom. The Hall–Kier alpha value is -5.45. The monoisotopic (exact) mass is 514 g/mol. The van der Waals surface area contributed by atoms with Gasteiger partial charge in [0.05, 0.1) is 37.8 Å². The maximum absolute atomic E-state index is 11.9. The molecule has 0 saturated heterocycles. The van der Waals surface area contributed by atoms with Gasteiger partial charge in [0.15, 0.2) is 0 Å². The van der Waals surface area contributed by atoms with E-state index in [9.17, 15) is 14.4 Å². The van der Waals surface area contributed by atoms with Gasteiger partial charge in [-0.15, -0.1) is 0 Å². The van der Waals surface area contributed by atoms with Crippen LogP contribution in [-0.4, -0.2) is 44.6 Å². The minimum absolute atomic E-state index is 0.381. The van der Waals surface area contributed by atoms with Crippen molar-refractivity contribution in [2.45, 2.75) is 0 Å². The number of hydrogen-bond donors (Lipinski definition) is 2. The maximum atomic E-state index is 11.9. The van der Waals surface area contributed by atoms with Crippen LogP contribution in [0.2, 0.25) is 0 Å². The number of carbonyl (C=O) groups is 3. The molecule has 0 radical (unpaired) electrons. The van der Waals surface area contributed by atoms with E-state index in [0.717, 1.165) is 0 Å². The van der Waals surface area contributed by atoms with Crippen molar-refractivity contribution in [3.8, 4) is 22.6 Å². The molecule has 0 fully saturated rings. The molecule has 0 aliphatic rings. The van der Waals surface area contributed by atoms with Gasteiger partial charge in [-0.25, -0.2) is 25.2 Å². The number of amides is 2. The lowest BCUT2D eigenvalue weighted by molar-refractivity contribution is 0.0592. The van der Waals surface area contributed by atoms with Crippen LogP contribution in [0.15, 0.2) is 91.8 Å². The largest absolute Gasteiger partial charge is 0.465 e. The van der Waals surface area contributed by atoms with Crippen LogP contribution in [0.5, 0.6) is 0 Å². The van der Waals surface area contributed by atoms with Gasteiger partial charge in [-0.1, -0.05) is 24.3 Å². The summed E-state index contributed by atoms with van der Waals surface area (Å²) in [5.41, 5.74) is 6.69. The third-order valence-electron chi connectivity index (χ3n) is 5.11. The van der Waals surface area contributed by atoms with Gasteiger partial charge in [-0.05, 0) is 48.5 Å². The first-order valence-corrected chi connectivity index (χ1v) is 11.2. The van der Waals surface area contributed by atoms with Crippen LogP contribution < -0.4 is 10.9 Å². The fourth-order valence-electron chi connectivity index (χ4n) is 3.32. The quantitative estimate of drug-likeness (QED) is 0.201. The summed E-state index contributed by atoms with van der Waals surface area (Å²) in [6.45, 7) is 0. The number of carbonyl (C=O) groups excluding carboxylic acids is 3. The van der Waals surface area contributed by atoms with Crippen LogP contribution in [0.3, 0.4) is 0 Å². The average molecular weight is 514 g/mol. The van der Waals surface area contributed by atoms with Gasteiger partial charge in [0, 0.05) is 11.1 Å². The number of urea groups is 1. The van der Waals surface area contributed by atoms with E-state index in [0.29, 0.717) is 45.3 Å². The van der Waals surface area contributed by atoms with Crippen LogP contribution in [0.4, 0.5) is 4.79 Å². The summed E-state index contributed by atoms with van der Waals surface area (Å²) in [5, 5.41) is 7.63. The van der Waals surface area contributed by atoms with Crippen molar-refractivity contribution >= 4 is 30.4 Å². The van der Waals surface area contributed by atoms with E-state index in [1.807, 2.05) is 0 Å². The summed E-state index contributed by atoms with van der Waals surface area (Å²) < 4.78 is 20.8. The smallest absolute Gasteiger partial charge is 0.355 e. The van der Waals surface area contributed by atoms with Gasteiger partial charge in [0.2, 0.25) is 0 Å².